The van der Waals surface area contributed by atoms with Crippen molar-refractivity contribution in [1.29, 1.82) is 0 Å². The quantitative estimate of drug-likeness (QED) is 0.689. The molecule has 0 unspecified atom stereocenters. The predicted molar refractivity (Wildman–Crippen MR) is 108 cm³/mol. The molecule has 0 radical (unpaired) electrons. The molecule has 8 heteroatoms. The molecule has 0 aliphatic carbocycles. The van der Waals surface area contributed by atoms with Gasteiger partial charge in [-0.25, -0.2) is 4.98 Å². The Hall–Kier alpha value is -1.18. The summed E-state index contributed by atoms with van der Waals surface area (Å²) in [6, 6.07) is 7.73. The van der Waals surface area contributed by atoms with Crippen LogP contribution in [-0.4, -0.2) is 38.1 Å². The molecule has 1 aromatic carbocycles. The topological polar surface area (TPSA) is 37.6 Å². The van der Waals surface area contributed by atoms with Crippen molar-refractivity contribution in [3.05, 3.63) is 44.1 Å². The Balaban J connectivity index is 2.00. The molecule has 132 valence electrons. The van der Waals surface area contributed by atoms with E-state index in [1.165, 1.54) is 33.1 Å². The molecule has 3 rings (SSSR count). The van der Waals surface area contributed by atoms with E-state index < -0.39 is 0 Å². The zero-order valence-corrected chi connectivity index (χ0v) is 17.2. The SMILES string of the molecule is Cc1ccc2nc(N(CC[NH+](C)C)C(=O)c3cc(Cl)sc3Cl)sc2c1. The molecule has 0 aliphatic heterocycles. The highest BCUT2D eigenvalue weighted by Crippen LogP contribution is 2.35. The zero-order valence-electron chi connectivity index (χ0n) is 14.1. The Labute approximate surface area is 164 Å². The fraction of sp³-hybridized carbons (Fsp3) is 0.294. The molecule has 0 fully saturated rings. The monoisotopic (exact) mass is 414 g/mol. The Morgan fingerprint density at radius 1 is 1.24 bits per heavy atom. The molecule has 0 bridgehead atoms. The first-order valence-electron chi connectivity index (χ1n) is 7.78. The molecular formula is C17H18Cl2N3OS2+. The van der Waals surface area contributed by atoms with Gasteiger partial charge in [0.2, 0.25) is 0 Å². The number of aryl methyl sites for hydroxylation is 1. The Morgan fingerprint density at radius 2 is 2.00 bits per heavy atom. The number of rotatable bonds is 5. The molecule has 0 saturated heterocycles. The highest BCUT2D eigenvalue weighted by Gasteiger charge is 2.25. The van der Waals surface area contributed by atoms with E-state index in [0.717, 1.165) is 16.8 Å². The van der Waals surface area contributed by atoms with Gasteiger partial charge in [-0.3, -0.25) is 9.69 Å². The summed E-state index contributed by atoms with van der Waals surface area (Å²) in [5, 5.41) is 0.685. The number of thiophene rings is 1. The molecule has 2 heterocycles. The summed E-state index contributed by atoms with van der Waals surface area (Å²) < 4.78 is 1.99. The third-order valence-electron chi connectivity index (χ3n) is 3.73. The number of benzene rings is 1. The van der Waals surface area contributed by atoms with Crippen LogP contribution >= 0.6 is 45.9 Å². The molecule has 0 saturated carbocycles. The van der Waals surface area contributed by atoms with Crippen molar-refractivity contribution in [1.82, 2.24) is 4.98 Å². The molecule has 25 heavy (non-hydrogen) atoms. The van der Waals surface area contributed by atoms with Crippen LogP contribution in [-0.2, 0) is 0 Å². The lowest BCUT2D eigenvalue weighted by Crippen LogP contribution is -3.06. The number of amides is 1. The van der Waals surface area contributed by atoms with Gasteiger partial charge in [0.05, 0.1) is 47.3 Å². The second-order valence-corrected chi connectivity index (χ2v) is 9.41. The van der Waals surface area contributed by atoms with E-state index in [0.29, 0.717) is 25.9 Å². The summed E-state index contributed by atoms with van der Waals surface area (Å²) in [5.41, 5.74) is 2.50. The smallest absolute Gasteiger partial charge is 0.262 e. The minimum absolute atomic E-state index is 0.162. The number of thiazole rings is 1. The van der Waals surface area contributed by atoms with Crippen LogP contribution in [0.2, 0.25) is 8.67 Å². The van der Waals surface area contributed by atoms with E-state index in [-0.39, 0.29) is 5.91 Å². The second-order valence-electron chi connectivity index (χ2n) is 6.12. The van der Waals surface area contributed by atoms with E-state index in [2.05, 4.69) is 25.1 Å². The molecule has 0 spiro atoms. The molecule has 1 N–H and O–H groups in total. The number of anilines is 1. The fourth-order valence-corrected chi connectivity index (χ4v) is 4.92. The van der Waals surface area contributed by atoms with Crippen LogP contribution in [0, 0.1) is 6.92 Å². The van der Waals surface area contributed by atoms with Crippen molar-refractivity contribution in [2.45, 2.75) is 6.92 Å². The van der Waals surface area contributed by atoms with Gasteiger partial charge in [0.15, 0.2) is 5.13 Å². The van der Waals surface area contributed by atoms with Crippen molar-refractivity contribution in [2.75, 3.05) is 32.1 Å². The maximum absolute atomic E-state index is 13.1. The summed E-state index contributed by atoms with van der Waals surface area (Å²) in [4.78, 5) is 20.7. The van der Waals surface area contributed by atoms with E-state index in [9.17, 15) is 4.79 Å². The van der Waals surface area contributed by atoms with Crippen LogP contribution in [0.15, 0.2) is 24.3 Å². The number of fused-ring (bicyclic) bond motifs is 1. The molecule has 4 nitrogen and oxygen atoms in total. The number of likely N-dealkylation sites (N-methyl/N-ethyl adjacent to an activating group) is 1. The molecule has 3 aromatic rings. The lowest BCUT2D eigenvalue weighted by molar-refractivity contribution is -0.856. The van der Waals surface area contributed by atoms with E-state index in [1.54, 1.807) is 11.0 Å². The Kier molecular flexibility index (Phi) is 5.65. The van der Waals surface area contributed by atoms with E-state index in [1.807, 2.05) is 19.1 Å². The summed E-state index contributed by atoms with van der Waals surface area (Å²) in [6.07, 6.45) is 0. The lowest BCUT2D eigenvalue weighted by Gasteiger charge is -2.20. The summed E-state index contributed by atoms with van der Waals surface area (Å²) in [7, 11) is 4.11. The first-order chi connectivity index (χ1) is 11.8. The average Bonchev–Trinajstić information content (AvgIpc) is 3.09. The lowest BCUT2D eigenvalue weighted by atomic mass is 10.2. The number of nitrogens with one attached hydrogen (secondary N) is 1. The number of hydrogen-bond donors (Lipinski definition) is 1. The van der Waals surface area contributed by atoms with Gasteiger partial charge in [0, 0.05) is 0 Å². The Morgan fingerprint density at radius 3 is 2.64 bits per heavy atom. The van der Waals surface area contributed by atoms with Gasteiger partial charge in [-0.15, -0.1) is 11.3 Å². The Bertz CT molecular complexity index is 920. The number of aromatic nitrogens is 1. The van der Waals surface area contributed by atoms with Crippen molar-refractivity contribution < 1.29 is 9.69 Å². The van der Waals surface area contributed by atoms with Crippen LogP contribution in [0.5, 0.6) is 0 Å². The average molecular weight is 415 g/mol. The molecule has 0 atom stereocenters. The van der Waals surface area contributed by atoms with Crippen molar-refractivity contribution >= 4 is 67.1 Å². The first kappa shape index (κ1) is 18.6. The number of nitrogens with zero attached hydrogens (tertiary/aromatic N) is 2. The normalized spacial score (nSPS) is 11.4. The van der Waals surface area contributed by atoms with Gasteiger partial charge >= 0.3 is 0 Å². The first-order valence-corrected chi connectivity index (χ1v) is 10.2. The minimum atomic E-state index is -0.162. The summed E-state index contributed by atoms with van der Waals surface area (Å²) in [6.45, 7) is 3.41. The van der Waals surface area contributed by atoms with Crippen LogP contribution in [0.25, 0.3) is 10.2 Å². The van der Waals surface area contributed by atoms with Crippen LogP contribution in [0.3, 0.4) is 0 Å². The van der Waals surface area contributed by atoms with Crippen LogP contribution in [0.1, 0.15) is 15.9 Å². The number of carbonyl (C=O) groups is 1. The summed E-state index contributed by atoms with van der Waals surface area (Å²) >= 11 is 14.9. The van der Waals surface area contributed by atoms with Crippen LogP contribution < -0.4 is 9.80 Å². The van der Waals surface area contributed by atoms with Gasteiger partial charge in [-0.1, -0.05) is 40.6 Å². The minimum Gasteiger partial charge on any atom is -0.338 e. The number of halogens is 2. The highest BCUT2D eigenvalue weighted by atomic mass is 35.5. The summed E-state index contributed by atoms with van der Waals surface area (Å²) in [5.74, 6) is -0.162. The number of hydrogen-bond acceptors (Lipinski definition) is 4. The maximum Gasteiger partial charge on any atom is 0.262 e. The largest absolute Gasteiger partial charge is 0.338 e. The standard InChI is InChI=1S/C17H17Cl2N3OS2/c1-10-4-5-12-13(8-10)24-17(20-12)22(7-6-21(2)3)16(23)11-9-14(18)25-15(11)19/h4-5,8-9H,6-7H2,1-3H3/p+1. The van der Waals surface area contributed by atoms with Crippen molar-refractivity contribution in [2.24, 2.45) is 0 Å². The van der Waals surface area contributed by atoms with Crippen molar-refractivity contribution in [3.8, 4) is 0 Å². The van der Waals surface area contributed by atoms with Gasteiger partial charge < -0.3 is 4.90 Å². The zero-order chi connectivity index (χ0) is 18.1. The van der Waals surface area contributed by atoms with E-state index in [4.69, 9.17) is 23.2 Å². The van der Waals surface area contributed by atoms with Gasteiger partial charge in [-0.2, -0.15) is 0 Å². The molecule has 1 amide bonds. The molecular weight excluding hydrogens is 397 g/mol. The van der Waals surface area contributed by atoms with Gasteiger partial charge in [0.1, 0.15) is 4.34 Å². The predicted octanol–water partition coefficient (Wildman–Crippen LogP) is 3.76. The molecule has 2 aromatic heterocycles. The highest BCUT2D eigenvalue weighted by molar-refractivity contribution is 7.22. The number of quaternary nitrogens is 1. The van der Waals surface area contributed by atoms with Gasteiger partial charge in [-0.05, 0) is 30.7 Å². The third-order valence-corrected chi connectivity index (χ3v) is 6.26. The van der Waals surface area contributed by atoms with Gasteiger partial charge in [0.25, 0.3) is 5.91 Å². The second kappa shape index (κ2) is 7.60. The third kappa shape index (κ3) is 4.15. The van der Waals surface area contributed by atoms with Crippen molar-refractivity contribution in [3.63, 3.8) is 0 Å². The fourth-order valence-electron chi connectivity index (χ4n) is 2.39. The maximum atomic E-state index is 13.1. The molecule has 0 aliphatic rings. The van der Waals surface area contributed by atoms with Crippen LogP contribution in [0.4, 0.5) is 5.13 Å². The van der Waals surface area contributed by atoms with E-state index >= 15 is 0 Å². The number of carbonyl (C=O) groups excluding carboxylic acids is 1.